The Hall–Kier alpha value is -3.62. The number of allylic oxidation sites excluding steroid dienone is 2. The Kier molecular flexibility index (Phi) is 4.56. The molecule has 0 saturated heterocycles. The minimum Gasteiger partial charge on any atom is -0.309 e. The van der Waals surface area contributed by atoms with Crippen LogP contribution in [0.25, 0.3) is 16.9 Å². The minimum absolute atomic E-state index is 0.490. The molecule has 0 bridgehead atoms. The van der Waals surface area contributed by atoms with E-state index >= 15 is 0 Å². The first kappa shape index (κ1) is 16.8. The van der Waals surface area contributed by atoms with Gasteiger partial charge in [0, 0.05) is 31.3 Å². The van der Waals surface area contributed by atoms with Gasteiger partial charge in [0.05, 0.1) is 18.1 Å². The summed E-state index contributed by atoms with van der Waals surface area (Å²) in [6.07, 6.45) is 11.0. The minimum atomic E-state index is 0.490. The van der Waals surface area contributed by atoms with Gasteiger partial charge >= 0.3 is 0 Å². The van der Waals surface area contributed by atoms with E-state index < -0.39 is 0 Å². The zero-order valence-corrected chi connectivity index (χ0v) is 15.1. The van der Waals surface area contributed by atoms with Crippen LogP contribution in [0.2, 0.25) is 0 Å². The molecule has 0 spiro atoms. The molecule has 0 aliphatic carbocycles. The summed E-state index contributed by atoms with van der Waals surface area (Å²) in [7, 11) is 1.85. The summed E-state index contributed by atoms with van der Waals surface area (Å²) >= 11 is 0. The molecule has 4 heterocycles. The number of nitrogens with zero attached hydrogens (tertiary/aromatic N) is 8. The van der Waals surface area contributed by atoms with Crippen LogP contribution in [0.3, 0.4) is 0 Å². The third-order valence-electron chi connectivity index (χ3n) is 4.11. The van der Waals surface area contributed by atoms with Gasteiger partial charge in [-0.1, -0.05) is 12.2 Å². The SMILES string of the molecule is CC=CCCc1nnc2cc(-c3ccnc(Nc4ccnn4C)n3)cnn12. The van der Waals surface area contributed by atoms with Crippen LogP contribution in [0.4, 0.5) is 11.8 Å². The van der Waals surface area contributed by atoms with Crippen LogP contribution in [0.15, 0.2) is 48.9 Å². The smallest absolute Gasteiger partial charge is 0.228 e. The largest absolute Gasteiger partial charge is 0.309 e. The molecule has 1 N–H and O–H groups in total. The molecular formula is C18H19N9. The fourth-order valence-corrected chi connectivity index (χ4v) is 2.70. The number of rotatable bonds is 6. The van der Waals surface area contributed by atoms with Crippen LogP contribution in [-0.2, 0) is 13.5 Å². The maximum Gasteiger partial charge on any atom is 0.228 e. The average Bonchev–Trinajstić information content (AvgIpc) is 3.28. The van der Waals surface area contributed by atoms with Crippen molar-refractivity contribution in [1.82, 2.24) is 39.6 Å². The Morgan fingerprint density at radius 3 is 2.89 bits per heavy atom. The molecule has 0 aromatic carbocycles. The molecular weight excluding hydrogens is 342 g/mol. The van der Waals surface area contributed by atoms with E-state index in [-0.39, 0.29) is 0 Å². The van der Waals surface area contributed by atoms with E-state index in [1.165, 1.54) is 0 Å². The lowest BCUT2D eigenvalue weighted by molar-refractivity contribution is 0.775. The topological polar surface area (TPSA) is 98.7 Å². The highest BCUT2D eigenvalue weighted by Crippen LogP contribution is 2.20. The second-order valence-electron chi connectivity index (χ2n) is 5.97. The van der Waals surface area contributed by atoms with E-state index in [1.54, 1.807) is 27.8 Å². The number of anilines is 2. The number of aryl methyl sites for hydroxylation is 2. The summed E-state index contributed by atoms with van der Waals surface area (Å²) in [5.41, 5.74) is 2.30. The average molecular weight is 361 g/mol. The van der Waals surface area contributed by atoms with Crippen molar-refractivity contribution in [2.24, 2.45) is 7.05 Å². The predicted octanol–water partition coefficient (Wildman–Crippen LogP) is 2.57. The van der Waals surface area contributed by atoms with Gasteiger partial charge in [-0.2, -0.15) is 14.7 Å². The molecule has 9 nitrogen and oxygen atoms in total. The molecule has 0 saturated carbocycles. The maximum absolute atomic E-state index is 4.56. The normalized spacial score (nSPS) is 11.5. The maximum atomic E-state index is 4.56. The van der Waals surface area contributed by atoms with Crippen molar-refractivity contribution in [3.05, 3.63) is 54.8 Å². The number of hydrogen-bond donors (Lipinski definition) is 1. The van der Waals surface area contributed by atoms with Gasteiger partial charge in [0.25, 0.3) is 0 Å². The van der Waals surface area contributed by atoms with Gasteiger partial charge < -0.3 is 5.32 Å². The molecule has 4 aromatic heterocycles. The lowest BCUT2D eigenvalue weighted by Gasteiger charge is -2.06. The van der Waals surface area contributed by atoms with Gasteiger partial charge in [0.2, 0.25) is 5.95 Å². The monoisotopic (exact) mass is 361 g/mol. The molecule has 0 aliphatic heterocycles. The summed E-state index contributed by atoms with van der Waals surface area (Å²) in [6.45, 7) is 2.01. The standard InChI is InChI=1S/C18H19N9/c1-3-4-5-6-16-24-25-17-11-13(12-21-27(16)17)14-7-9-19-18(22-14)23-15-8-10-20-26(15)2/h3-4,7-12H,5-6H2,1-2H3,(H,19,22,23). The van der Waals surface area contributed by atoms with Crippen molar-refractivity contribution in [3.8, 4) is 11.3 Å². The quantitative estimate of drug-likeness (QED) is 0.527. The third-order valence-corrected chi connectivity index (χ3v) is 4.11. The number of hydrogen-bond acceptors (Lipinski definition) is 7. The van der Waals surface area contributed by atoms with Crippen LogP contribution in [-0.4, -0.2) is 39.6 Å². The highest BCUT2D eigenvalue weighted by Gasteiger charge is 2.10. The molecule has 0 unspecified atom stereocenters. The van der Waals surface area contributed by atoms with Crippen molar-refractivity contribution in [2.75, 3.05) is 5.32 Å². The molecule has 0 atom stereocenters. The Balaban J connectivity index is 1.60. The van der Waals surface area contributed by atoms with Crippen molar-refractivity contribution < 1.29 is 0 Å². The second-order valence-corrected chi connectivity index (χ2v) is 5.97. The Morgan fingerprint density at radius 1 is 1.15 bits per heavy atom. The second kappa shape index (κ2) is 7.32. The highest BCUT2D eigenvalue weighted by molar-refractivity contribution is 5.64. The molecule has 0 fully saturated rings. The number of nitrogens with one attached hydrogen (secondary N) is 1. The molecule has 9 heteroatoms. The lowest BCUT2D eigenvalue weighted by Crippen LogP contribution is -2.03. The van der Waals surface area contributed by atoms with E-state index in [4.69, 9.17) is 0 Å². The first-order valence-electron chi connectivity index (χ1n) is 8.64. The molecule has 27 heavy (non-hydrogen) atoms. The fourth-order valence-electron chi connectivity index (χ4n) is 2.70. The zero-order valence-electron chi connectivity index (χ0n) is 15.1. The van der Waals surface area contributed by atoms with E-state index in [1.807, 2.05) is 38.2 Å². The van der Waals surface area contributed by atoms with Gasteiger partial charge in [-0.25, -0.2) is 9.97 Å². The lowest BCUT2D eigenvalue weighted by atomic mass is 10.2. The van der Waals surface area contributed by atoms with E-state index in [2.05, 4.69) is 41.8 Å². The summed E-state index contributed by atoms with van der Waals surface area (Å²) in [4.78, 5) is 8.83. The first-order valence-corrected chi connectivity index (χ1v) is 8.64. The van der Waals surface area contributed by atoms with Crippen LogP contribution < -0.4 is 5.32 Å². The molecule has 136 valence electrons. The van der Waals surface area contributed by atoms with Crippen LogP contribution in [0, 0.1) is 0 Å². The Labute approximate surface area is 155 Å². The highest BCUT2D eigenvalue weighted by atomic mass is 15.4. The van der Waals surface area contributed by atoms with E-state index in [0.717, 1.165) is 35.7 Å². The summed E-state index contributed by atoms with van der Waals surface area (Å²) in [6, 6.07) is 5.62. The summed E-state index contributed by atoms with van der Waals surface area (Å²) in [5.74, 6) is 2.14. The van der Waals surface area contributed by atoms with E-state index in [9.17, 15) is 0 Å². The Morgan fingerprint density at radius 2 is 2.07 bits per heavy atom. The third kappa shape index (κ3) is 3.52. The first-order chi connectivity index (χ1) is 13.2. The van der Waals surface area contributed by atoms with Gasteiger partial charge in [0.15, 0.2) is 11.5 Å². The molecule has 4 rings (SSSR count). The van der Waals surface area contributed by atoms with Gasteiger partial charge in [-0.05, 0) is 25.5 Å². The number of aromatic nitrogens is 8. The van der Waals surface area contributed by atoms with Crippen molar-refractivity contribution in [2.45, 2.75) is 19.8 Å². The van der Waals surface area contributed by atoms with Gasteiger partial charge in [0.1, 0.15) is 5.82 Å². The van der Waals surface area contributed by atoms with Crippen molar-refractivity contribution in [3.63, 3.8) is 0 Å². The zero-order chi connectivity index (χ0) is 18.6. The molecule has 0 amide bonds. The molecule has 4 aromatic rings. The van der Waals surface area contributed by atoms with E-state index in [0.29, 0.717) is 11.6 Å². The molecule has 0 aliphatic rings. The summed E-state index contributed by atoms with van der Waals surface area (Å²) in [5, 5.41) is 20.2. The molecule has 0 radical (unpaired) electrons. The van der Waals surface area contributed by atoms with Gasteiger partial charge in [-0.15, -0.1) is 10.2 Å². The summed E-state index contributed by atoms with van der Waals surface area (Å²) < 4.78 is 3.48. The van der Waals surface area contributed by atoms with Crippen LogP contribution in [0.1, 0.15) is 19.2 Å². The van der Waals surface area contributed by atoms with Crippen LogP contribution >= 0.6 is 0 Å². The predicted molar refractivity (Wildman–Crippen MR) is 101 cm³/mol. The van der Waals surface area contributed by atoms with Gasteiger partial charge in [-0.3, -0.25) is 4.68 Å². The van der Waals surface area contributed by atoms with Crippen molar-refractivity contribution >= 4 is 17.4 Å². The van der Waals surface area contributed by atoms with Crippen LogP contribution in [0.5, 0.6) is 0 Å². The number of fused-ring (bicyclic) bond motifs is 1. The fraction of sp³-hybridized carbons (Fsp3) is 0.222. The Bertz CT molecular complexity index is 1090. The van der Waals surface area contributed by atoms with Crippen molar-refractivity contribution in [1.29, 1.82) is 0 Å².